The van der Waals surface area contributed by atoms with Gasteiger partial charge in [0.2, 0.25) is 5.89 Å². The third-order valence-electron chi connectivity index (χ3n) is 2.55. The van der Waals surface area contributed by atoms with Gasteiger partial charge in [-0.1, -0.05) is 5.16 Å². The van der Waals surface area contributed by atoms with Gasteiger partial charge in [0.15, 0.2) is 5.82 Å². The van der Waals surface area contributed by atoms with Gasteiger partial charge >= 0.3 is 0 Å². The second kappa shape index (κ2) is 5.05. The Labute approximate surface area is 105 Å². The quantitative estimate of drug-likeness (QED) is 0.882. The lowest BCUT2D eigenvalue weighted by Gasteiger charge is -2.11. The highest BCUT2D eigenvalue weighted by atomic mass is 16.5. The number of methoxy groups -OCH3 is 2. The molecule has 1 heterocycles. The number of nitrogens with zero attached hydrogens (tertiary/aromatic N) is 2. The summed E-state index contributed by atoms with van der Waals surface area (Å²) in [6.45, 7) is 1.72. The third kappa shape index (κ3) is 2.43. The lowest BCUT2D eigenvalue weighted by atomic mass is 10.1. The van der Waals surface area contributed by atoms with Gasteiger partial charge in [0.1, 0.15) is 11.5 Å². The van der Waals surface area contributed by atoms with Crippen LogP contribution < -0.4 is 15.2 Å². The van der Waals surface area contributed by atoms with Crippen LogP contribution in [0.4, 0.5) is 0 Å². The highest BCUT2D eigenvalue weighted by Crippen LogP contribution is 2.27. The number of ether oxygens (including phenoxy) is 2. The van der Waals surface area contributed by atoms with E-state index in [0.717, 1.165) is 5.56 Å². The number of aromatic nitrogens is 2. The van der Waals surface area contributed by atoms with E-state index in [-0.39, 0.29) is 0 Å². The maximum atomic E-state index is 6.08. The predicted molar refractivity (Wildman–Crippen MR) is 64.6 cm³/mol. The molecule has 0 bridgehead atoms. The zero-order chi connectivity index (χ0) is 13.1. The summed E-state index contributed by atoms with van der Waals surface area (Å²) >= 11 is 0. The van der Waals surface area contributed by atoms with Crippen LogP contribution in [0.5, 0.6) is 11.5 Å². The highest BCUT2D eigenvalue weighted by Gasteiger charge is 2.16. The summed E-state index contributed by atoms with van der Waals surface area (Å²) in [6, 6.07) is 4.93. The molecule has 0 amide bonds. The first kappa shape index (κ1) is 12.4. The minimum absolute atomic E-state index is 0.433. The molecule has 0 saturated heterocycles. The summed E-state index contributed by atoms with van der Waals surface area (Å²) in [4.78, 5) is 4.11. The molecule has 18 heavy (non-hydrogen) atoms. The van der Waals surface area contributed by atoms with Gasteiger partial charge in [0, 0.05) is 13.0 Å². The monoisotopic (exact) mass is 249 g/mol. The molecule has 2 aromatic rings. The summed E-state index contributed by atoms with van der Waals surface area (Å²) in [7, 11) is 3.17. The van der Waals surface area contributed by atoms with Gasteiger partial charge in [-0.15, -0.1) is 0 Å². The summed E-state index contributed by atoms with van der Waals surface area (Å²) in [5.41, 5.74) is 6.88. The maximum Gasteiger partial charge on any atom is 0.223 e. The molecule has 0 aliphatic heterocycles. The predicted octanol–water partition coefficient (Wildman–Crippen LogP) is 1.44. The van der Waals surface area contributed by atoms with Crippen molar-refractivity contribution >= 4 is 0 Å². The van der Waals surface area contributed by atoms with E-state index in [1.54, 1.807) is 27.2 Å². The Hall–Kier alpha value is -2.08. The molecule has 1 atom stereocenters. The number of rotatable bonds is 4. The SMILES string of the molecule is COc1cc(OC)cc(C(N)c2noc(C)n2)c1. The van der Waals surface area contributed by atoms with E-state index in [1.165, 1.54) is 0 Å². The fourth-order valence-corrected chi connectivity index (χ4v) is 1.60. The van der Waals surface area contributed by atoms with Crippen LogP contribution in [-0.2, 0) is 0 Å². The third-order valence-corrected chi connectivity index (χ3v) is 2.55. The fraction of sp³-hybridized carbons (Fsp3) is 0.333. The summed E-state index contributed by atoms with van der Waals surface area (Å²) in [6.07, 6.45) is 0. The van der Waals surface area contributed by atoms with Crippen LogP contribution in [0, 0.1) is 6.92 Å². The van der Waals surface area contributed by atoms with Crippen molar-refractivity contribution in [2.75, 3.05) is 14.2 Å². The van der Waals surface area contributed by atoms with E-state index in [2.05, 4.69) is 10.1 Å². The molecule has 0 saturated carbocycles. The molecular weight excluding hydrogens is 234 g/mol. The first-order chi connectivity index (χ1) is 8.63. The molecule has 2 rings (SSSR count). The van der Waals surface area contributed by atoms with Gasteiger partial charge in [0.25, 0.3) is 0 Å². The molecule has 0 fully saturated rings. The first-order valence-electron chi connectivity index (χ1n) is 5.42. The van der Waals surface area contributed by atoms with Crippen molar-refractivity contribution in [1.29, 1.82) is 0 Å². The molecule has 1 unspecified atom stereocenters. The topological polar surface area (TPSA) is 83.4 Å². The Morgan fingerprint density at radius 3 is 2.22 bits per heavy atom. The van der Waals surface area contributed by atoms with Crippen molar-refractivity contribution < 1.29 is 14.0 Å². The van der Waals surface area contributed by atoms with Crippen molar-refractivity contribution in [2.24, 2.45) is 5.73 Å². The average molecular weight is 249 g/mol. The second-order valence-electron chi connectivity index (χ2n) is 3.80. The largest absolute Gasteiger partial charge is 0.497 e. The van der Waals surface area contributed by atoms with Crippen LogP contribution in [0.3, 0.4) is 0 Å². The summed E-state index contributed by atoms with van der Waals surface area (Å²) in [5, 5.41) is 3.81. The van der Waals surface area contributed by atoms with Crippen molar-refractivity contribution in [3.63, 3.8) is 0 Å². The maximum absolute atomic E-state index is 6.08. The Kier molecular flexibility index (Phi) is 3.47. The molecule has 96 valence electrons. The van der Waals surface area contributed by atoms with Crippen molar-refractivity contribution in [1.82, 2.24) is 10.1 Å². The molecule has 0 aliphatic carbocycles. The fourth-order valence-electron chi connectivity index (χ4n) is 1.60. The minimum Gasteiger partial charge on any atom is -0.497 e. The number of hydrogen-bond donors (Lipinski definition) is 1. The lowest BCUT2D eigenvalue weighted by molar-refractivity contribution is 0.384. The molecule has 0 aliphatic rings. The van der Waals surface area contributed by atoms with E-state index >= 15 is 0 Å². The number of aryl methyl sites for hydroxylation is 1. The molecule has 2 N–H and O–H groups in total. The number of nitrogens with two attached hydrogens (primary N) is 1. The molecule has 6 heteroatoms. The van der Waals surface area contributed by atoms with Crippen LogP contribution >= 0.6 is 0 Å². The van der Waals surface area contributed by atoms with E-state index in [0.29, 0.717) is 23.2 Å². The summed E-state index contributed by atoms with van der Waals surface area (Å²) in [5.74, 6) is 2.25. The molecule has 0 radical (unpaired) electrons. The Morgan fingerprint density at radius 1 is 1.17 bits per heavy atom. The zero-order valence-electron chi connectivity index (χ0n) is 10.5. The first-order valence-corrected chi connectivity index (χ1v) is 5.42. The molecule has 1 aromatic heterocycles. The Bertz CT molecular complexity index is 517. The van der Waals surface area contributed by atoms with Gasteiger partial charge in [-0.25, -0.2) is 0 Å². The van der Waals surface area contributed by atoms with E-state index in [9.17, 15) is 0 Å². The molecular formula is C12H15N3O3. The summed E-state index contributed by atoms with van der Waals surface area (Å²) < 4.78 is 15.3. The van der Waals surface area contributed by atoms with Gasteiger partial charge < -0.3 is 19.7 Å². The average Bonchev–Trinajstić information content (AvgIpc) is 2.83. The number of benzene rings is 1. The highest BCUT2D eigenvalue weighted by molar-refractivity contribution is 5.41. The van der Waals surface area contributed by atoms with E-state index in [4.69, 9.17) is 19.7 Å². The smallest absolute Gasteiger partial charge is 0.223 e. The van der Waals surface area contributed by atoms with Crippen LogP contribution in [0.25, 0.3) is 0 Å². The molecule has 1 aromatic carbocycles. The normalized spacial score (nSPS) is 12.2. The van der Waals surface area contributed by atoms with Gasteiger partial charge in [-0.2, -0.15) is 4.98 Å². The van der Waals surface area contributed by atoms with Crippen LogP contribution in [0.15, 0.2) is 22.7 Å². The van der Waals surface area contributed by atoms with E-state index in [1.807, 2.05) is 12.1 Å². The van der Waals surface area contributed by atoms with Gasteiger partial charge in [0.05, 0.1) is 20.3 Å². The molecule has 6 nitrogen and oxygen atoms in total. The standard InChI is InChI=1S/C12H15N3O3/c1-7-14-12(15-18-7)11(13)8-4-9(16-2)6-10(5-8)17-3/h4-6,11H,13H2,1-3H3. The van der Waals surface area contributed by atoms with Crippen LogP contribution in [-0.4, -0.2) is 24.4 Å². The van der Waals surface area contributed by atoms with Crippen LogP contribution in [0.2, 0.25) is 0 Å². The minimum atomic E-state index is -0.480. The Morgan fingerprint density at radius 2 is 1.78 bits per heavy atom. The lowest BCUT2D eigenvalue weighted by Crippen LogP contribution is -2.14. The van der Waals surface area contributed by atoms with Gasteiger partial charge in [-0.05, 0) is 17.7 Å². The van der Waals surface area contributed by atoms with Crippen molar-refractivity contribution in [2.45, 2.75) is 13.0 Å². The van der Waals surface area contributed by atoms with E-state index < -0.39 is 6.04 Å². The number of hydrogen-bond acceptors (Lipinski definition) is 6. The Balaban J connectivity index is 2.37. The molecule has 0 spiro atoms. The van der Waals surface area contributed by atoms with Crippen LogP contribution in [0.1, 0.15) is 23.3 Å². The van der Waals surface area contributed by atoms with Crippen molar-refractivity contribution in [3.05, 3.63) is 35.5 Å². The second-order valence-corrected chi connectivity index (χ2v) is 3.80. The van der Waals surface area contributed by atoms with Crippen molar-refractivity contribution in [3.8, 4) is 11.5 Å². The van der Waals surface area contributed by atoms with Gasteiger partial charge in [-0.3, -0.25) is 0 Å². The zero-order valence-corrected chi connectivity index (χ0v) is 10.5.